The van der Waals surface area contributed by atoms with Gasteiger partial charge >= 0.3 is 0 Å². The molecule has 0 spiro atoms. The summed E-state index contributed by atoms with van der Waals surface area (Å²) < 4.78 is 43.8. The summed E-state index contributed by atoms with van der Waals surface area (Å²) in [6.45, 7) is 2.51. The van der Waals surface area contributed by atoms with E-state index in [1.54, 1.807) is 0 Å². The summed E-state index contributed by atoms with van der Waals surface area (Å²) in [5.41, 5.74) is 0.0887. The Hall–Kier alpha value is -1.16. The Bertz CT molecular complexity index is 785. The first kappa shape index (κ1) is 17.9. The molecule has 0 atom stereocenters. The number of carbonyl (C=O) groups is 1. The van der Waals surface area contributed by atoms with Crippen molar-refractivity contribution >= 4 is 43.1 Å². The van der Waals surface area contributed by atoms with Gasteiger partial charge in [-0.05, 0) is 32.0 Å². The average molecular weight is 355 g/mol. The number of amides is 1. The molecule has 7 nitrogen and oxygen atoms in total. The van der Waals surface area contributed by atoms with E-state index in [1.165, 1.54) is 19.9 Å². The zero-order valence-corrected chi connectivity index (χ0v) is 13.9. The molecule has 0 saturated carbocycles. The second kappa shape index (κ2) is 5.56. The fourth-order valence-corrected chi connectivity index (χ4v) is 2.44. The van der Waals surface area contributed by atoms with Crippen LogP contribution in [-0.2, 0) is 24.7 Å². The van der Waals surface area contributed by atoms with Crippen LogP contribution in [-0.4, -0.2) is 33.7 Å². The van der Waals surface area contributed by atoms with Crippen molar-refractivity contribution in [2.45, 2.75) is 23.5 Å². The lowest BCUT2D eigenvalue weighted by atomic mass is 10.2. The van der Waals surface area contributed by atoms with Crippen molar-refractivity contribution in [2.24, 2.45) is 5.14 Å². The standard InChI is InChI=1S/C11H15ClN2O5S2/c1-11(2,20(3,16)17)10(15)14-9-5-4-7(6-8(9)12)21(13,18)19/h4-6H,1-3H3,(H,14,15)(H2,13,18,19). The molecule has 0 aliphatic heterocycles. The summed E-state index contributed by atoms with van der Waals surface area (Å²) in [7, 11) is -7.55. The van der Waals surface area contributed by atoms with Crippen LogP contribution in [0.2, 0.25) is 5.02 Å². The van der Waals surface area contributed by atoms with Gasteiger partial charge in [0.2, 0.25) is 15.9 Å². The quantitative estimate of drug-likeness (QED) is 0.825. The summed E-state index contributed by atoms with van der Waals surface area (Å²) >= 11 is 5.86. The third kappa shape index (κ3) is 3.94. The monoisotopic (exact) mass is 354 g/mol. The normalized spacial score (nSPS) is 13.0. The average Bonchev–Trinajstić information content (AvgIpc) is 2.28. The Balaban J connectivity index is 3.14. The van der Waals surface area contributed by atoms with E-state index in [9.17, 15) is 21.6 Å². The predicted octanol–water partition coefficient (Wildman–Crippen LogP) is 0.749. The van der Waals surface area contributed by atoms with Gasteiger partial charge in [0.15, 0.2) is 9.84 Å². The third-order valence-corrected chi connectivity index (χ3v) is 6.25. The molecule has 1 amide bonds. The molecule has 3 N–H and O–H groups in total. The second-order valence-corrected chi connectivity index (χ2v) is 9.46. The van der Waals surface area contributed by atoms with Crippen LogP contribution in [0.4, 0.5) is 5.69 Å². The minimum absolute atomic E-state index is 0.0702. The Morgan fingerprint density at radius 2 is 1.76 bits per heavy atom. The van der Waals surface area contributed by atoms with E-state index < -0.39 is 30.5 Å². The van der Waals surface area contributed by atoms with Crippen LogP contribution >= 0.6 is 11.6 Å². The van der Waals surface area contributed by atoms with Crippen LogP contribution in [0.3, 0.4) is 0 Å². The lowest BCUT2D eigenvalue weighted by Crippen LogP contribution is -2.43. The number of halogens is 1. The number of sulfonamides is 1. The zero-order valence-electron chi connectivity index (χ0n) is 11.5. The molecular formula is C11H15ClN2O5S2. The maximum atomic E-state index is 12.0. The molecule has 0 aliphatic rings. The Morgan fingerprint density at radius 1 is 1.24 bits per heavy atom. The number of nitrogens with one attached hydrogen (secondary N) is 1. The first-order valence-electron chi connectivity index (χ1n) is 5.60. The van der Waals surface area contributed by atoms with Crippen molar-refractivity contribution in [1.82, 2.24) is 0 Å². The summed E-state index contributed by atoms with van der Waals surface area (Å²) in [5, 5.41) is 7.23. The first-order valence-corrected chi connectivity index (χ1v) is 9.42. The van der Waals surface area contributed by atoms with Crippen LogP contribution in [0.5, 0.6) is 0 Å². The molecule has 0 fully saturated rings. The number of rotatable bonds is 4. The molecule has 1 aromatic carbocycles. The molecule has 21 heavy (non-hydrogen) atoms. The number of primary sulfonamides is 1. The zero-order chi connectivity index (χ0) is 16.6. The van der Waals surface area contributed by atoms with E-state index in [1.807, 2.05) is 0 Å². The van der Waals surface area contributed by atoms with Gasteiger partial charge in [-0.3, -0.25) is 4.79 Å². The molecule has 0 saturated heterocycles. The van der Waals surface area contributed by atoms with Crippen molar-refractivity contribution < 1.29 is 21.6 Å². The van der Waals surface area contributed by atoms with Crippen LogP contribution in [0.1, 0.15) is 13.8 Å². The maximum Gasteiger partial charge on any atom is 0.245 e. The summed E-state index contributed by atoms with van der Waals surface area (Å²) in [4.78, 5) is 11.8. The van der Waals surface area contributed by atoms with Crippen LogP contribution in [0.15, 0.2) is 23.1 Å². The lowest BCUT2D eigenvalue weighted by molar-refractivity contribution is -0.117. The minimum atomic E-state index is -3.92. The number of carbonyl (C=O) groups excluding carboxylic acids is 1. The van der Waals surface area contributed by atoms with Crippen molar-refractivity contribution in [3.8, 4) is 0 Å². The number of hydrogen-bond donors (Lipinski definition) is 2. The highest BCUT2D eigenvalue weighted by Crippen LogP contribution is 2.26. The van der Waals surface area contributed by atoms with E-state index in [-0.39, 0.29) is 15.6 Å². The first-order chi connectivity index (χ1) is 9.26. The van der Waals surface area contributed by atoms with E-state index in [0.29, 0.717) is 0 Å². The number of benzene rings is 1. The van der Waals surface area contributed by atoms with E-state index in [4.69, 9.17) is 16.7 Å². The molecular weight excluding hydrogens is 340 g/mol. The Labute approximate surface area is 128 Å². The largest absolute Gasteiger partial charge is 0.323 e. The molecule has 0 aromatic heterocycles. The molecule has 1 rings (SSSR count). The van der Waals surface area contributed by atoms with Crippen molar-refractivity contribution in [2.75, 3.05) is 11.6 Å². The molecule has 1 aromatic rings. The van der Waals surface area contributed by atoms with Gasteiger partial charge in [0, 0.05) is 6.26 Å². The lowest BCUT2D eigenvalue weighted by Gasteiger charge is -2.21. The summed E-state index contributed by atoms with van der Waals surface area (Å²) in [6, 6.07) is 3.46. The van der Waals surface area contributed by atoms with Gasteiger partial charge in [-0.2, -0.15) is 0 Å². The van der Waals surface area contributed by atoms with Gasteiger partial charge in [-0.25, -0.2) is 22.0 Å². The number of sulfone groups is 1. The molecule has 0 radical (unpaired) electrons. The molecule has 10 heteroatoms. The van der Waals surface area contributed by atoms with Crippen LogP contribution in [0, 0.1) is 0 Å². The van der Waals surface area contributed by atoms with Crippen LogP contribution < -0.4 is 10.5 Å². The molecule has 0 bridgehead atoms. The molecule has 118 valence electrons. The van der Waals surface area contributed by atoms with E-state index in [2.05, 4.69) is 5.32 Å². The van der Waals surface area contributed by atoms with E-state index in [0.717, 1.165) is 18.4 Å². The van der Waals surface area contributed by atoms with Crippen LogP contribution in [0.25, 0.3) is 0 Å². The van der Waals surface area contributed by atoms with Gasteiger partial charge in [0.1, 0.15) is 4.75 Å². The third-order valence-electron chi connectivity index (χ3n) is 2.99. The number of hydrogen-bond acceptors (Lipinski definition) is 5. The maximum absolute atomic E-state index is 12.0. The van der Waals surface area contributed by atoms with Gasteiger partial charge < -0.3 is 5.32 Å². The summed E-state index contributed by atoms with van der Waals surface area (Å²) in [6.07, 6.45) is 0.943. The van der Waals surface area contributed by atoms with Gasteiger partial charge in [0.25, 0.3) is 0 Å². The van der Waals surface area contributed by atoms with Gasteiger partial charge in [0.05, 0.1) is 15.6 Å². The number of anilines is 1. The van der Waals surface area contributed by atoms with Gasteiger partial charge in [-0.1, -0.05) is 11.6 Å². The van der Waals surface area contributed by atoms with E-state index >= 15 is 0 Å². The molecule has 0 unspecified atom stereocenters. The SMILES string of the molecule is CC(C)(C(=O)Nc1ccc(S(N)(=O)=O)cc1Cl)S(C)(=O)=O. The summed E-state index contributed by atoms with van der Waals surface area (Å²) in [5.74, 6) is -0.782. The van der Waals surface area contributed by atoms with Gasteiger partial charge in [-0.15, -0.1) is 0 Å². The van der Waals surface area contributed by atoms with Crippen molar-refractivity contribution in [3.05, 3.63) is 23.2 Å². The fraction of sp³-hybridized carbons (Fsp3) is 0.364. The molecule has 0 heterocycles. The highest BCUT2D eigenvalue weighted by Gasteiger charge is 2.38. The number of nitrogens with two attached hydrogens (primary N) is 1. The second-order valence-electron chi connectivity index (χ2n) is 4.92. The minimum Gasteiger partial charge on any atom is -0.323 e. The topological polar surface area (TPSA) is 123 Å². The molecule has 0 aliphatic carbocycles. The predicted molar refractivity (Wildman–Crippen MR) is 80.4 cm³/mol. The Morgan fingerprint density at radius 3 is 2.14 bits per heavy atom. The van der Waals surface area contributed by atoms with Crippen molar-refractivity contribution in [1.29, 1.82) is 0 Å². The smallest absolute Gasteiger partial charge is 0.245 e. The van der Waals surface area contributed by atoms with Crippen molar-refractivity contribution in [3.63, 3.8) is 0 Å². The highest BCUT2D eigenvalue weighted by atomic mass is 35.5. The fourth-order valence-electron chi connectivity index (χ4n) is 1.22. The Kier molecular flexibility index (Phi) is 4.74. The highest BCUT2D eigenvalue weighted by molar-refractivity contribution is 7.92.